The third-order valence-electron chi connectivity index (χ3n) is 7.26. The number of alkyl halides is 3. The molecule has 0 bridgehead atoms. The van der Waals surface area contributed by atoms with E-state index in [2.05, 4.69) is 15.2 Å². The molecule has 210 valence electrons. The fraction of sp³-hybridized carbons (Fsp3) is 0.440. The number of halogens is 3. The average molecular weight is 568 g/mol. The van der Waals surface area contributed by atoms with Crippen molar-refractivity contribution in [2.75, 3.05) is 25.0 Å². The molecule has 0 aliphatic carbocycles. The molecule has 14 heteroatoms. The Bertz CT molecular complexity index is 1370. The summed E-state index contributed by atoms with van der Waals surface area (Å²) in [5.41, 5.74) is -5.68. The minimum atomic E-state index is -5.61. The normalized spacial score (nSPS) is 19.8. The molecule has 1 aromatic heterocycles. The van der Waals surface area contributed by atoms with E-state index in [1.807, 2.05) is 7.05 Å². The Morgan fingerprint density at radius 3 is 2.28 bits per heavy atom. The minimum Gasteiger partial charge on any atom is -0.334 e. The predicted octanol–water partition coefficient (Wildman–Crippen LogP) is 3.18. The van der Waals surface area contributed by atoms with Crippen molar-refractivity contribution in [3.8, 4) is 0 Å². The number of nitrogens with zero attached hydrogens (tertiary/aromatic N) is 4. The zero-order valence-corrected chi connectivity index (χ0v) is 22.3. The van der Waals surface area contributed by atoms with Gasteiger partial charge in [-0.3, -0.25) is 19.5 Å². The maximum Gasteiger partial charge on any atom is 0.501 e. The van der Waals surface area contributed by atoms with Crippen LogP contribution in [-0.2, 0) is 19.4 Å². The lowest BCUT2D eigenvalue weighted by molar-refractivity contribution is -0.125. The molecule has 1 atom stereocenters. The Morgan fingerprint density at radius 2 is 1.72 bits per heavy atom. The Morgan fingerprint density at radius 1 is 1.10 bits per heavy atom. The molecule has 2 fully saturated rings. The van der Waals surface area contributed by atoms with Crippen molar-refractivity contribution in [1.82, 2.24) is 20.1 Å². The number of amides is 4. The zero-order chi connectivity index (χ0) is 28.8. The number of likely N-dealkylation sites (tertiary alicyclic amines) is 1. The van der Waals surface area contributed by atoms with E-state index < -0.39 is 43.9 Å². The van der Waals surface area contributed by atoms with Gasteiger partial charge in [-0.15, -0.1) is 0 Å². The molecular weight excluding hydrogens is 539 g/mol. The van der Waals surface area contributed by atoms with Gasteiger partial charge in [0.1, 0.15) is 11.7 Å². The van der Waals surface area contributed by atoms with Crippen LogP contribution in [0.2, 0.25) is 0 Å². The quantitative estimate of drug-likeness (QED) is 0.403. The molecule has 1 aromatic carbocycles. The van der Waals surface area contributed by atoms with Crippen molar-refractivity contribution < 1.29 is 36.0 Å². The number of hydrogen-bond acceptors (Lipinski definition) is 7. The lowest BCUT2D eigenvalue weighted by Crippen LogP contribution is -2.50. The third-order valence-corrected chi connectivity index (χ3v) is 8.76. The van der Waals surface area contributed by atoms with Gasteiger partial charge in [-0.2, -0.15) is 13.2 Å². The van der Waals surface area contributed by atoms with Gasteiger partial charge in [-0.25, -0.2) is 18.1 Å². The summed E-state index contributed by atoms with van der Waals surface area (Å²) in [6.45, 7) is 4.69. The summed E-state index contributed by atoms with van der Waals surface area (Å²) >= 11 is 0. The average Bonchev–Trinajstić information content (AvgIpc) is 3.06. The van der Waals surface area contributed by atoms with Gasteiger partial charge in [0.05, 0.1) is 10.6 Å². The second kappa shape index (κ2) is 10.2. The standard InChI is InChI=1S/C25H28F3N5O5S/c1-24(2)22(35)32(17-4-6-18(7-5-17)39(37,38)25(26,27)28)23(36)33(24)21(30-15-34)19-8-11-29-14-20(19)16-9-12-31(3)13-10-16/h4-8,11,14-16,21H,9-10,12-13H2,1-3H3,(H,30,34). The number of hydrogen-bond donors (Lipinski definition) is 1. The number of imide groups is 1. The molecule has 4 amide bonds. The number of pyridine rings is 1. The summed E-state index contributed by atoms with van der Waals surface area (Å²) in [5, 5.41) is 2.66. The predicted molar refractivity (Wildman–Crippen MR) is 134 cm³/mol. The Hall–Kier alpha value is -3.52. The first-order valence-electron chi connectivity index (χ1n) is 12.1. The van der Waals surface area contributed by atoms with Gasteiger partial charge in [-0.05, 0) is 88.6 Å². The van der Waals surface area contributed by atoms with Crippen LogP contribution in [0, 0.1) is 0 Å². The summed E-state index contributed by atoms with van der Waals surface area (Å²) in [6, 6.07) is 4.16. The van der Waals surface area contributed by atoms with Crippen molar-refractivity contribution in [1.29, 1.82) is 0 Å². The van der Waals surface area contributed by atoms with Crippen molar-refractivity contribution >= 4 is 33.9 Å². The molecule has 0 saturated carbocycles. The SMILES string of the molecule is CN1CCC(c2cnccc2C(NC=O)N2C(=O)N(c3ccc(S(=O)(=O)C(F)(F)F)cc3)C(=O)C2(C)C)CC1. The van der Waals surface area contributed by atoms with Crippen LogP contribution >= 0.6 is 0 Å². The molecule has 1 unspecified atom stereocenters. The smallest absolute Gasteiger partial charge is 0.334 e. The van der Waals surface area contributed by atoms with E-state index in [0.29, 0.717) is 24.1 Å². The fourth-order valence-electron chi connectivity index (χ4n) is 5.07. The number of carbonyl (C=O) groups excluding carboxylic acids is 3. The number of carbonyl (C=O) groups is 3. The number of nitrogens with one attached hydrogen (secondary N) is 1. The summed E-state index contributed by atoms with van der Waals surface area (Å²) in [5.74, 6) is -0.594. The van der Waals surface area contributed by atoms with Gasteiger partial charge in [0.15, 0.2) is 0 Å². The van der Waals surface area contributed by atoms with Crippen LogP contribution in [0.3, 0.4) is 0 Å². The van der Waals surface area contributed by atoms with Crippen LogP contribution in [0.25, 0.3) is 0 Å². The zero-order valence-electron chi connectivity index (χ0n) is 21.5. The first kappa shape index (κ1) is 28.5. The summed E-state index contributed by atoms with van der Waals surface area (Å²) in [4.78, 5) is 46.3. The first-order chi connectivity index (χ1) is 18.2. The number of rotatable bonds is 7. The molecule has 2 aromatic rings. The number of sulfone groups is 1. The maximum atomic E-state index is 13.7. The summed E-state index contributed by atoms with van der Waals surface area (Å²) in [7, 11) is -3.59. The van der Waals surface area contributed by atoms with Gasteiger partial charge in [0.2, 0.25) is 6.41 Å². The highest BCUT2D eigenvalue weighted by atomic mass is 32.2. The Kier molecular flexibility index (Phi) is 7.47. The molecule has 2 saturated heterocycles. The molecular formula is C25H28F3N5O5S. The van der Waals surface area contributed by atoms with E-state index in [1.54, 1.807) is 12.3 Å². The number of urea groups is 1. The molecule has 2 aliphatic heterocycles. The van der Waals surface area contributed by atoms with E-state index >= 15 is 0 Å². The molecule has 2 aliphatic rings. The number of piperidine rings is 1. The van der Waals surface area contributed by atoms with Gasteiger partial charge in [0, 0.05) is 18.0 Å². The third kappa shape index (κ3) is 4.98. The van der Waals surface area contributed by atoms with Crippen LogP contribution < -0.4 is 10.2 Å². The van der Waals surface area contributed by atoms with Crippen LogP contribution in [-0.4, -0.2) is 72.7 Å². The van der Waals surface area contributed by atoms with Gasteiger partial charge in [0.25, 0.3) is 15.7 Å². The highest BCUT2D eigenvalue weighted by Crippen LogP contribution is 2.41. The van der Waals surface area contributed by atoms with Crippen molar-refractivity contribution in [2.45, 2.75) is 54.7 Å². The van der Waals surface area contributed by atoms with E-state index in [-0.39, 0.29) is 11.6 Å². The second-order valence-electron chi connectivity index (χ2n) is 10.1. The van der Waals surface area contributed by atoms with Gasteiger partial charge in [-0.1, -0.05) is 0 Å². The van der Waals surface area contributed by atoms with E-state index in [1.165, 1.54) is 24.9 Å². The Balaban J connectivity index is 1.73. The highest BCUT2D eigenvalue weighted by molar-refractivity contribution is 7.92. The highest BCUT2D eigenvalue weighted by Gasteiger charge is 2.55. The van der Waals surface area contributed by atoms with Crippen molar-refractivity contribution in [3.63, 3.8) is 0 Å². The minimum absolute atomic E-state index is 0.108. The number of aromatic nitrogens is 1. The largest absolute Gasteiger partial charge is 0.501 e. The molecule has 0 radical (unpaired) electrons. The molecule has 1 N–H and O–H groups in total. The van der Waals surface area contributed by atoms with Crippen molar-refractivity contribution in [2.24, 2.45) is 0 Å². The van der Waals surface area contributed by atoms with Gasteiger partial charge >= 0.3 is 11.5 Å². The maximum absolute atomic E-state index is 13.7. The summed E-state index contributed by atoms with van der Waals surface area (Å²) < 4.78 is 62.3. The molecule has 39 heavy (non-hydrogen) atoms. The Labute approximate surface area is 223 Å². The monoisotopic (exact) mass is 567 g/mol. The lowest BCUT2D eigenvalue weighted by atomic mass is 9.86. The van der Waals surface area contributed by atoms with E-state index in [0.717, 1.165) is 48.5 Å². The van der Waals surface area contributed by atoms with Crippen LogP contribution in [0.4, 0.5) is 23.7 Å². The van der Waals surface area contributed by atoms with Crippen LogP contribution in [0.1, 0.15) is 49.9 Å². The van der Waals surface area contributed by atoms with E-state index in [4.69, 9.17) is 0 Å². The number of benzene rings is 1. The topological polar surface area (TPSA) is 120 Å². The summed E-state index contributed by atoms with van der Waals surface area (Å²) in [6.07, 6.45) is 4.26. The molecule has 0 spiro atoms. The lowest BCUT2D eigenvalue weighted by Gasteiger charge is -2.37. The number of anilines is 1. The second-order valence-corrected chi connectivity index (χ2v) is 12.0. The molecule has 4 rings (SSSR count). The van der Waals surface area contributed by atoms with Gasteiger partial charge < -0.3 is 10.2 Å². The first-order valence-corrected chi connectivity index (χ1v) is 13.6. The van der Waals surface area contributed by atoms with Crippen molar-refractivity contribution in [3.05, 3.63) is 53.9 Å². The van der Waals surface area contributed by atoms with Crippen LogP contribution in [0.15, 0.2) is 47.6 Å². The molecule has 3 heterocycles. The molecule has 10 nitrogen and oxygen atoms in total. The van der Waals surface area contributed by atoms with Crippen LogP contribution in [0.5, 0.6) is 0 Å². The fourth-order valence-corrected chi connectivity index (χ4v) is 5.84. The van der Waals surface area contributed by atoms with E-state index in [9.17, 15) is 36.0 Å².